The highest BCUT2D eigenvalue weighted by molar-refractivity contribution is 6.30. The number of likely N-dealkylation sites (tertiary alicyclic amines) is 1. The standard InChI is InChI=1S/C17H21ClN2O2/c1-12-4-2-3-9-19(12)17(22)13-10-16(21)20(11-13)15-7-5-14(18)6-8-15/h5-8,12-13H,2-4,9-11H2,1H3/t12-,13+/m1/s1. The van der Waals surface area contributed by atoms with E-state index >= 15 is 0 Å². The van der Waals surface area contributed by atoms with Gasteiger partial charge in [0.2, 0.25) is 11.8 Å². The molecule has 0 radical (unpaired) electrons. The van der Waals surface area contributed by atoms with Crippen molar-refractivity contribution in [1.82, 2.24) is 4.90 Å². The average molecular weight is 321 g/mol. The van der Waals surface area contributed by atoms with E-state index in [0.29, 0.717) is 24.0 Å². The molecule has 4 nitrogen and oxygen atoms in total. The van der Waals surface area contributed by atoms with Gasteiger partial charge in [-0.2, -0.15) is 0 Å². The van der Waals surface area contributed by atoms with Crippen molar-refractivity contribution in [2.24, 2.45) is 5.92 Å². The van der Waals surface area contributed by atoms with Gasteiger partial charge in [0.05, 0.1) is 5.92 Å². The maximum Gasteiger partial charge on any atom is 0.228 e. The maximum atomic E-state index is 12.7. The molecule has 3 rings (SSSR count). The molecular weight excluding hydrogens is 300 g/mol. The highest BCUT2D eigenvalue weighted by Gasteiger charge is 2.38. The van der Waals surface area contributed by atoms with E-state index < -0.39 is 0 Å². The summed E-state index contributed by atoms with van der Waals surface area (Å²) in [6.45, 7) is 3.40. The topological polar surface area (TPSA) is 40.6 Å². The molecule has 0 aromatic heterocycles. The minimum atomic E-state index is -0.219. The zero-order valence-electron chi connectivity index (χ0n) is 12.8. The van der Waals surface area contributed by atoms with Crippen LogP contribution in [0, 0.1) is 5.92 Å². The molecule has 0 saturated carbocycles. The Labute approximate surface area is 136 Å². The van der Waals surface area contributed by atoms with E-state index in [2.05, 4.69) is 6.92 Å². The summed E-state index contributed by atoms with van der Waals surface area (Å²) in [5.41, 5.74) is 0.816. The van der Waals surface area contributed by atoms with Gasteiger partial charge in [0.15, 0.2) is 0 Å². The normalized spacial score (nSPS) is 25.6. The van der Waals surface area contributed by atoms with Gasteiger partial charge in [-0.1, -0.05) is 11.6 Å². The van der Waals surface area contributed by atoms with E-state index in [9.17, 15) is 9.59 Å². The molecule has 2 atom stereocenters. The molecule has 2 saturated heterocycles. The fourth-order valence-corrected chi connectivity index (χ4v) is 3.53. The van der Waals surface area contributed by atoms with Crippen LogP contribution < -0.4 is 4.90 Å². The fourth-order valence-electron chi connectivity index (χ4n) is 3.40. The van der Waals surface area contributed by atoms with Crippen LogP contribution in [0.1, 0.15) is 32.6 Å². The van der Waals surface area contributed by atoms with Crippen molar-refractivity contribution in [1.29, 1.82) is 0 Å². The Balaban J connectivity index is 1.71. The molecule has 22 heavy (non-hydrogen) atoms. The first-order valence-electron chi connectivity index (χ1n) is 7.92. The molecule has 2 amide bonds. The summed E-state index contributed by atoms with van der Waals surface area (Å²) in [7, 11) is 0. The van der Waals surface area contributed by atoms with Crippen molar-refractivity contribution in [3.8, 4) is 0 Å². The number of carbonyl (C=O) groups excluding carboxylic acids is 2. The molecule has 0 unspecified atom stereocenters. The minimum absolute atomic E-state index is 0.0188. The number of carbonyl (C=O) groups is 2. The Kier molecular flexibility index (Phi) is 4.39. The first-order chi connectivity index (χ1) is 10.6. The van der Waals surface area contributed by atoms with Crippen LogP contribution >= 0.6 is 11.6 Å². The number of halogens is 1. The van der Waals surface area contributed by atoms with Gasteiger partial charge < -0.3 is 9.80 Å². The SMILES string of the molecule is C[C@@H]1CCCCN1C(=O)[C@H]1CC(=O)N(c2ccc(Cl)cc2)C1. The van der Waals surface area contributed by atoms with E-state index in [-0.39, 0.29) is 17.7 Å². The second-order valence-electron chi connectivity index (χ2n) is 6.26. The number of anilines is 1. The van der Waals surface area contributed by atoms with Gasteiger partial charge >= 0.3 is 0 Å². The van der Waals surface area contributed by atoms with Crippen LogP contribution in [0.4, 0.5) is 5.69 Å². The smallest absolute Gasteiger partial charge is 0.228 e. The van der Waals surface area contributed by atoms with Crippen LogP contribution in [0.3, 0.4) is 0 Å². The monoisotopic (exact) mass is 320 g/mol. The summed E-state index contributed by atoms with van der Waals surface area (Å²) in [5, 5.41) is 0.644. The third-order valence-corrected chi connectivity index (χ3v) is 4.95. The average Bonchev–Trinajstić information content (AvgIpc) is 2.90. The molecule has 2 aliphatic heterocycles. The number of amides is 2. The van der Waals surface area contributed by atoms with Gasteiger partial charge in [-0.25, -0.2) is 0 Å². The van der Waals surface area contributed by atoms with Crippen molar-refractivity contribution < 1.29 is 9.59 Å². The van der Waals surface area contributed by atoms with Gasteiger partial charge in [-0.3, -0.25) is 9.59 Å². The third kappa shape index (κ3) is 2.98. The summed E-state index contributed by atoms with van der Waals surface area (Å²) in [4.78, 5) is 28.6. The van der Waals surface area contributed by atoms with Crippen LogP contribution in [0.5, 0.6) is 0 Å². The lowest BCUT2D eigenvalue weighted by Gasteiger charge is -2.35. The number of hydrogen-bond acceptors (Lipinski definition) is 2. The quantitative estimate of drug-likeness (QED) is 0.840. The zero-order chi connectivity index (χ0) is 15.7. The van der Waals surface area contributed by atoms with Crippen LogP contribution in [-0.4, -0.2) is 35.8 Å². The summed E-state index contributed by atoms with van der Waals surface area (Å²) in [6, 6.07) is 7.49. The number of benzene rings is 1. The molecule has 0 aliphatic carbocycles. The van der Waals surface area contributed by atoms with Gasteiger partial charge in [0, 0.05) is 36.3 Å². The van der Waals surface area contributed by atoms with E-state index in [1.807, 2.05) is 17.0 Å². The van der Waals surface area contributed by atoms with Crippen molar-refractivity contribution in [2.75, 3.05) is 18.0 Å². The minimum Gasteiger partial charge on any atom is -0.340 e. The van der Waals surface area contributed by atoms with Crippen molar-refractivity contribution >= 4 is 29.1 Å². The molecule has 2 aliphatic rings. The molecule has 1 aromatic carbocycles. The maximum absolute atomic E-state index is 12.7. The van der Waals surface area contributed by atoms with Crippen molar-refractivity contribution in [2.45, 2.75) is 38.6 Å². The highest BCUT2D eigenvalue weighted by atomic mass is 35.5. The molecule has 5 heteroatoms. The number of nitrogens with zero attached hydrogens (tertiary/aromatic N) is 2. The molecule has 2 heterocycles. The fraction of sp³-hybridized carbons (Fsp3) is 0.529. The van der Waals surface area contributed by atoms with E-state index in [0.717, 1.165) is 25.1 Å². The summed E-state index contributed by atoms with van der Waals surface area (Å²) in [5.74, 6) is -0.0638. The van der Waals surface area contributed by atoms with Gasteiger partial charge in [0.25, 0.3) is 0 Å². The first-order valence-corrected chi connectivity index (χ1v) is 8.30. The van der Waals surface area contributed by atoms with Gasteiger partial charge in [-0.05, 0) is 50.5 Å². The molecule has 0 spiro atoms. The Bertz CT molecular complexity index is 573. The van der Waals surface area contributed by atoms with E-state index in [4.69, 9.17) is 11.6 Å². The molecular formula is C17H21ClN2O2. The summed E-state index contributed by atoms with van der Waals surface area (Å²) < 4.78 is 0. The zero-order valence-corrected chi connectivity index (χ0v) is 13.6. The lowest BCUT2D eigenvalue weighted by molar-refractivity contribution is -0.139. The Morgan fingerprint density at radius 3 is 2.64 bits per heavy atom. The Hall–Kier alpha value is -1.55. The largest absolute Gasteiger partial charge is 0.340 e. The van der Waals surface area contributed by atoms with Gasteiger partial charge in [-0.15, -0.1) is 0 Å². The summed E-state index contributed by atoms with van der Waals surface area (Å²) >= 11 is 5.89. The predicted octanol–water partition coefficient (Wildman–Crippen LogP) is 3.09. The second-order valence-corrected chi connectivity index (χ2v) is 6.69. The van der Waals surface area contributed by atoms with Crippen LogP contribution in [-0.2, 0) is 9.59 Å². The third-order valence-electron chi connectivity index (χ3n) is 4.70. The number of piperidine rings is 1. The second kappa shape index (κ2) is 6.29. The lowest BCUT2D eigenvalue weighted by Crippen LogP contribution is -2.45. The van der Waals surface area contributed by atoms with E-state index in [1.165, 1.54) is 6.42 Å². The van der Waals surface area contributed by atoms with E-state index in [1.54, 1.807) is 17.0 Å². The predicted molar refractivity (Wildman–Crippen MR) is 86.9 cm³/mol. The lowest BCUT2D eigenvalue weighted by atomic mass is 9.99. The molecule has 118 valence electrons. The van der Waals surface area contributed by atoms with Crippen LogP contribution in [0.2, 0.25) is 5.02 Å². The number of hydrogen-bond donors (Lipinski definition) is 0. The van der Waals surface area contributed by atoms with Crippen molar-refractivity contribution in [3.63, 3.8) is 0 Å². The molecule has 0 N–H and O–H groups in total. The van der Waals surface area contributed by atoms with Crippen LogP contribution in [0.15, 0.2) is 24.3 Å². The first kappa shape index (κ1) is 15.3. The molecule has 0 bridgehead atoms. The Morgan fingerprint density at radius 2 is 1.95 bits per heavy atom. The Morgan fingerprint density at radius 1 is 1.23 bits per heavy atom. The van der Waals surface area contributed by atoms with Gasteiger partial charge in [0.1, 0.15) is 0 Å². The van der Waals surface area contributed by atoms with Crippen molar-refractivity contribution in [3.05, 3.63) is 29.3 Å². The molecule has 1 aromatic rings. The molecule has 2 fully saturated rings. The summed E-state index contributed by atoms with van der Waals surface area (Å²) in [6.07, 6.45) is 3.63. The van der Waals surface area contributed by atoms with Crippen LogP contribution in [0.25, 0.3) is 0 Å². The number of rotatable bonds is 2. The highest BCUT2D eigenvalue weighted by Crippen LogP contribution is 2.29.